The van der Waals surface area contributed by atoms with Gasteiger partial charge in [0.2, 0.25) is 0 Å². The summed E-state index contributed by atoms with van der Waals surface area (Å²) >= 11 is 0. The highest BCUT2D eigenvalue weighted by Crippen LogP contribution is 2.31. The average Bonchev–Trinajstić information content (AvgIpc) is 2.46. The lowest BCUT2D eigenvalue weighted by Gasteiger charge is -2.32. The molecule has 0 spiro atoms. The third kappa shape index (κ3) is 4.20. The second-order valence-corrected chi connectivity index (χ2v) is 12.7. The summed E-state index contributed by atoms with van der Waals surface area (Å²) in [4.78, 5) is 22.7. The van der Waals surface area contributed by atoms with Gasteiger partial charge >= 0.3 is 5.97 Å². The molecule has 0 bridgehead atoms. The summed E-state index contributed by atoms with van der Waals surface area (Å²) in [6.45, 7) is 11.2. The van der Waals surface area contributed by atoms with Gasteiger partial charge in [0, 0.05) is 0 Å². The van der Waals surface area contributed by atoms with Gasteiger partial charge in [0.25, 0.3) is 0 Å². The van der Waals surface area contributed by atoms with Crippen molar-refractivity contribution in [2.75, 3.05) is 0 Å². The predicted octanol–water partition coefficient (Wildman–Crippen LogP) is 4.14. The lowest BCUT2D eigenvalue weighted by molar-refractivity contribution is -0.299. The van der Waals surface area contributed by atoms with Crippen LogP contribution in [0.4, 0.5) is 0 Å². The molecule has 2 atom stereocenters. The molecule has 1 aromatic rings. The molecule has 2 unspecified atom stereocenters. The molecule has 4 heteroatoms. The van der Waals surface area contributed by atoms with Crippen LogP contribution in [0.3, 0.4) is 0 Å². The highest BCUT2D eigenvalue weighted by atomic mass is 28.3. The van der Waals surface area contributed by atoms with E-state index in [1.165, 1.54) is 11.6 Å². The van der Waals surface area contributed by atoms with Crippen LogP contribution in [-0.4, -0.2) is 20.1 Å². The summed E-state index contributed by atoms with van der Waals surface area (Å²) in [6, 6.07) is 7.75. The summed E-state index contributed by atoms with van der Waals surface area (Å²) in [6.07, 6.45) is 3.52. The summed E-state index contributed by atoms with van der Waals surface area (Å²) in [5.74, 6) is 0.476. The third-order valence-corrected chi connectivity index (χ3v) is 6.73. The van der Waals surface area contributed by atoms with Gasteiger partial charge in [0.15, 0.2) is 0 Å². The monoisotopic (exact) mass is 320 g/mol. The second kappa shape index (κ2) is 6.96. The summed E-state index contributed by atoms with van der Waals surface area (Å²) in [7, 11) is -1.34. The van der Waals surface area contributed by atoms with Gasteiger partial charge in [-0.15, -0.1) is 0 Å². The molecule has 122 valence electrons. The van der Waals surface area contributed by atoms with E-state index in [0.29, 0.717) is 17.4 Å². The van der Waals surface area contributed by atoms with Crippen LogP contribution in [0.1, 0.15) is 43.5 Å². The minimum atomic E-state index is -1.34. The van der Waals surface area contributed by atoms with E-state index in [2.05, 4.69) is 33.5 Å². The molecule has 0 aliphatic heterocycles. The molecule has 3 nitrogen and oxygen atoms in total. The zero-order valence-corrected chi connectivity index (χ0v) is 15.4. The molecule has 0 aromatic heterocycles. The molecule has 1 aliphatic rings. The number of hydrogen-bond donors (Lipinski definition) is 0. The maximum atomic E-state index is 12.1. The van der Waals surface area contributed by atoms with E-state index >= 15 is 0 Å². The van der Waals surface area contributed by atoms with Crippen molar-refractivity contribution < 1.29 is 14.6 Å². The highest BCUT2D eigenvalue weighted by molar-refractivity contribution is 6.88. The van der Waals surface area contributed by atoms with E-state index in [9.17, 15) is 4.79 Å². The molecule has 2 rings (SSSR count). The molecule has 1 saturated carbocycles. The highest BCUT2D eigenvalue weighted by Gasteiger charge is 2.30. The Kier molecular flexibility index (Phi) is 5.45. The summed E-state index contributed by atoms with van der Waals surface area (Å²) in [5.41, 5.74) is 0.554. The Labute approximate surface area is 135 Å². The zero-order valence-electron chi connectivity index (χ0n) is 14.4. The lowest BCUT2D eigenvalue weighted by Crippen LogP contribution is -2.37. The Morgan fingerprint density at radius 3 is 2.09 bits per heavy atom. The van der Waals surface area contributed by atoms with Crippen LogP contribution in [0.5, 0.6) is 0 Å². The molecule has 0 amide bonds. The van der Waals surface area contributed by atoms with Crippen LogP contribution >= 0.6 is 0 Å². The van der Waals surface area contributed by atoms with Crippen LogP contribution in [0.2, 0.25) is 19.6 Å². The smallest absolute Gasteiger partial charge is 0.293 e. The normalized spacial score (nSPS) is 25.8. The van der Waals surface area contributed by atoms with Crippen molar-refractivity contribution >= 4 is 19.2 Å². The van der Waals surface area contributed by atoms with E-state index in [1.54, 1.807) is 0 Å². The van der Waals surface area contributed by atoms with Gasteiger partial charge in [0.1, 0.15) is 6.10 Å². The Hall–Kier alpha value is -1.13. The molecule has 0 N–H and O–H groups in total. The maximum absolute atomic E-state index is 12.1. The number of benzene rings is 1. The molecule has 0 radical (unpaired) electrons. The molecule has 1 fully saturated rings. The SMILES string of the molecule is CC1CCCC(C)C1OOC(=O)c1ccc([Si](C)(C)C)cc1. The summed E-state index contributed by atoms with van der Waals surface area (Å²) < 4.78 is 0. The first-order valence-electron chi connectivity index (χ1n) is 8.27. The van der Waals surface area contributed by atoms with E-state index in [-0.39, 0.29) is 6.10 Å². The topological polar surface area (TPSA) is 35.5 Å². The first kappa shape index (κ1) is 17.2. The van der Waals surface area contributed by atoms with Crippen molar-refractivity contribution in [2.24, 2.45) is 11.8 Å². The quantitative estimate of drug-likeness (QED) is 0.475. The first-order chi connectivity index (χ1) is 10.3. The van der Waals surface area contributed by atoms with Gasteiger partial charge < -0.3 is 0 Å². The molecule has 1 aromatic carbocycles. The minimum Gasteiger partial charge on any atom is -0.293 e. The molecule has 22 heavy (non-hydrogen) atoms. The predicted molar refractivity (Wildman–Crippen MR) is 91.9 cm³/mol. The van der Waals surface area contributed by atoms with Gasteiger partial charge in [0.05, 0.1) is 13.6 Å². The summed E-state index contributed by atoms with van der Waals surface area (Å²) in [5, 5.41) is 1.33. The van der Waals surface area contributed by atoms with Crippen LogP contribution < -0.4 is 5.19 Å². The van der Waals surface area contributed by atoms with Crippen LogP contribution in [0.25, 0.3) is 0 Å². The Morgan fingerprint density at radius 2 is 1.59 bits per heavy atom. The standard InChI is InChI=1S/C18H28O3Si/c1-13-7-6-8-14(2)17(13)20-21-18(19)15-9-11-16(12-10-15)22(3,4)5/h9-14,17H,6-8H2,1-5H3. The van der Waals surface area contributed by atoms with Crippen molar-refractivity contribution in [1.82, 2.24) is 0 Å². The van der Waals surface area contributed by atoms with Gasteiger partial charge in [-0.05, 0) is 36.8 Å². The van der Waals surface area contributed by atoms with Crippen molar-refractivity contribution in [3.63, 3.8) is 0 Å². The van der Waals surface area contributed by atoms with Crippen molar-refractivity contribution in [3.05, 3.63) is 29.8 Å². The molecular weight excluding hydrogens is 292 g/mol. The van der Waals surface area contributed by atoms with Gasteiger partial charge in [-0.2, -0.15) is 4.89 Å². The lowest BCUT2D eigenvalue weighted by atomic mass is 9.81. The fourth-order valence-corrected chi connectivity index (χ4v) is 4.26. The Balaban J connectivity index is 1.94. The average molecular weight is 321 g/mol. The third-order valence-electron chi connectivity index (χ3n) is 4.66. The van der Waals surface area contributed by atoms with Gasteiger partial charge in [-0.1, -0.05) is 57.2 Å². The maximum Gasteiger partial charge on any atom is 0.373 e. The number of hydrogen-bond acceptors (Lipinski definition) is 3. The molecular formula is C18H28O3Si. The number of carbonyl (C=O) groups is 1. The molecule has 1 aliphatic carbocycles. The minimum absolute atomic E-state index is 0.0129. The fraction of sp³-hybridized carbons (Fsp3) is 0.611. The number of rotatable bonds is 4. The second-order valence-electron chi connectivity index (χ2n) is 7.64. The van der Waals surface area contributed by atoms with Crippen molar-refractivity contribution in [1.29, 1.82) is 0 Å². The molecule has 0 heterocycles. The fourth-order valence-electron chi connectivity index (χ4n) is 3.09. The zero-order chi connectivity index (χ0) is 16.3. The Bertz CT molecular complexity index is 494. The molecule has 0 saturated heterocycles. The van der Waals surface area contributed by atoms with E-state index < -0.39 is 14.0 Å². The van der Waals surface area contributed by atoms with Crippen LogP contribution in [-0.2, 0) is 9.78 Å². The van der Waals surface area contributed by atoms with E-state index in [4.69, 9.17) is 9.78 Å². The van der Waals surface area contributed by atoms with Crippen LogP contribution in [0, 0.1) is 11.8 Å². The largest absolute Gasteiger partial charge is 0.373 e. The van der Waals surface area contributed by atoms with Crippen LogP contribution in [0.15, 0.2) is 24.3 Å². The number of carbonyl (C=O) groups excluding carboxylic acids is 1. The van der Waals surface area contributed by atoms with Gasteiger partial charge in [-0.3, -0.25) is 4.89 Å². The van der Waals surface area contributed by atoms with Crippen molar-refractivity contribution in [3.8, 4) is 0 Å². The van der Waals surface area contributed by atoms with Crippen molar-refractivity contribution in [2.45, 2.75) is 58.9 Å². The van der Waals surface area contributed by atoms with E-state index in [1.807, 2.05) is 24.3 Å². The first-order valence-corrected chi connectivity index (χ1v) is 11.8. The Morgan fingerprint density at radius 1 is 1.05 bits per heavy atom. The van der Waals surface area contributed by atoms with Gasteiger partial charge in [-0.25, -0.2) is 4.79 Å². The van der Waals surface area contributed by atoms with E-state index in [0.717, 1.165) is 12.8 Å².